The summed E-state index contributed by atoms with van der Waals surface area (Å²) in [6.07, 6.45) is 5.80. The van der Waals surface area contributed by atoms with Crippen LogP contribution in [-0.2, 0) is 6.42 Å². The van der Waals surface area contributed by atoms with Gasteiger partial charge in [0.2, 0.25) is 0 Å². The number of furan rings is 1. The highest BCUT2D eigenvalue weighted by Crippen LogP contribution is 2.35. The van der Waals surface area contributed by atoms with Gasteiger partial charge in [-0.2, -0.15) is 0 Å². The molecule has 0 aliphatic rings. The maximum absolute atomic E-state index is 12.5. The number of rotatable bonds is 5. The Morgan fingerprint density at radius 2 is 1.70 bits per heavy atom. The summed E-state index contributed by atoms with van der Waals surface area (Å²) < 4.78 is 11.5. The van der Waals surface area contributed by atoms with Crippen molar-refractivity contribution in [3.05, 3.63) is 82.4 Å². The molecule has 2 heterocycles. The second kappa shape index (κ2) is 7.49. The van der Waals surface area contributed by atoms with Crippen LogP contribution in [0.1, 0.15) is 37.3 Å². The van der Waals surface area contributed by atoms with E-state index in [1.54, 1.807) is 6.26 Å². The molecule has 3 aromatic carbocycles. The number of fused-ring (bicyclic) bond motifs is 3. The molecule has 5 rings (SSSR count). The SMILES string of the molecule is CCCCCc1c(C)c2cc3c(-c4ccc5ccccc5c4)coc3cc2oc1=O. The Labute approximate surface area is 174 Å². The fraction of sp³-hybridized carbons (Fsp3) is 0.222. The molecule has 0 unspecified atom stereocenters. The molecule has 2 aromatic heterocycles. The minimum atomic E-state index is -0.225. The maximum atomic E-state index is 12.5. The molecular weight excluding hydrogens is 372 g/mol. The molecule has 0 saturated carbocycles. The first-order chi connectivity index (χ1) is 14.7. The van der Waals surface area contributed by atoms with E-state index < -0.39 is 0 Å². The van der Waals surface area contributed by atoms with E-state index in [9.17, 15) is 4.79 Å². The minimum Gasteiger partial charge on any atom is -0.464 e. The number of unbranched alkanes of at least 4 members (excludes halogenated alkanes) is 2. The molecule has 5 aromatic rings. The summed E-state index contributed by atoms with van der Waals surface area (Å²) in [5.74, 6) is 0. The summed E-state index contributed by atoms with van der Waals surface area (Å²) in [6.45, 7) is 4.20. The molecule has 0 N–H and O–H groups in total. The third-order valence-corrected chi connectivity index (χ3v) is 6.07. The van der Waals surface area contributed by atoms with E-state index >= 15 is 0 Å². The van der Waals surface area contributed by atoms with Crippen LogP contribution in [0, 0.1) is 6.92 Å². The molecular formula is C27H24O3. The predicted octanol–water partition coefficient (Wildman–Crippen LogP) is 7.40. The van der Waals surface area contributed by atoms with Crippen molar-refractivity contribution in [3.63, 3.8) is 0 Å². The van der Waals surface area contributed by atoms with Gasteiger partial charge < -0.3 is 8.83 Å². The predicted molar refractivity (Wildman–Crippen MR) is 123 cm³/mol. The molecule has 30 heavy (non-hydrogen) atoms. The third-order valence-electron chi connectivity index (χ3n) is 6.07. The normalized spacial score (nSPS) is 11.7. The summed E-state index contributed by atoms with van der Waals surface area (Å²) in [4.78, 5) is 12.5. The van der Waals surface area contributed by atoms with Crippen LogP contribution >= 0.6 is 0 Å². The van der Waals surface area contributed by atoms with Crippen molar-refractivity contribution in [2.24, 2.45) is 0 Å². The van der Waals surface area contributed by atoms with Gasteiger partial charge in [-0.25, -0.2) is 4.79 Å². The first kappa shape index (κ1) is 18.7. The van der Waals surface area contributed by atoms with Crippen molar-refractivity contribution in [3.8, 4) is 11.1 Å². The molecule has 0 amide bonds. The molecule has 150 valence electrons. The van der Waals surface area contributed by atoms with Crippen LogP contribution in [0.2, 0.25) is 0 Å². The van der Waals surface area contributed by atoms with Gasteiger partial charge in [-0.15, -0.1) is 0 Å². The number of hydrogen-bond acceptors (Lipinski definition) is 3. The first-order valence-electron chi connectivity index (χ1n) is 10.6. The summed E-state index contributed by atoms with van der Waals surface area (Å²) in [7, 11) is 0. The number of hydrogen-bond donors (Lipinski definition) is 0. The van der Waals surface area contributed by atoms with Gasteiger partial charge in [-0.05, 0) is 53.8 Å². The fourth-order valence-electron chi connectivity index (χ4n) is 4.33. The smallest absolute Gasteiger partial charge is 0.339 e. The van der Waals surface area contributed by atoms with Gasteiger partial charge >= 0.3 is 5.63 Å². The zero-order valence-corrected chi connectivity index (χ0v) is 17.3. The van der Waals surface area contributed by atoms with Gasteiger partial charge in [0.25, 0.3) is 0 Å². The van der Waals surface area contributed by atoms with Crippen molar-refractivity contribution < 1.29 is 8.83 Å². The van der Waals surface area contributed by atoms with Gasteiger partial charge in [0.05, 0.1) is 6.26 Å². The maximum Gasteiger partial charge on any atom is 0.339 e. The quantitative estimate of drug-likeness (QED) is 0.230. The molecule has 0 radical (unpaired) electrons. The zero-order chi connectivity index (χ0) is 20.7. The summed E-state index contributed by atoms with van der Waals surface area (Å²) in [6, 6.07) is 18.8. The van der Waals surface area contributed by atoms with E-state index in [2.05, 4.69) is 55.5 Å². The third kappa shape index (κ3) is 3.11. The number of aryl methyl sites for hydroxylation is 1. The second-order valence-corrected chi connectivity index (χ2v) is 8.01. The zero-order valence-electron chi connectivity index (χ0n) is 17.3. The van der Waals surface area contributed by atoms with E-state index in [1.165, 1.54) is 10.8 Å². The Kier molecular flexibility index (Phi) is 4.66. The fourth-order valence-corrected chi connectivity index (χ4v) is 4.33. The monoisotopic (exact) mass is 396 g/mol. The molecule has 0 aliphatic carbocycles. The Morgan fingerprint density at radius 1 is 0.867 bits per heavy atom. The van der Waals surface area contributed by atoms with Crippen molar-refractivity contribution in [2.75, 3.05) is 0 Å². The van der Waals surface area contributed by atoms with Gasteiger partial charge in [-0.1, -0.05) is 56.2 Å². The molecule has 3 heteroatoms. The molecule has 0 aliphatic heterocycles. The Bertz CT molecular complexity index is 1440. The lowest BCUT2D eigenvalue weighted by Gasteiger charge is -2.08. The Hall–Kier alpha value is -3.33. The van der Waals surface area contributed by atoms with E-state index in [0.29, 0.717) is 5.58 Å². The van der Waals surface area contributed by atoms with Crippen molar-refractivity contribution in [2.45, 2.75) is 39.5 Å². The van der Waals surface area contributed by atoms with Crippen LogP contribution < -0.4 is 5.63 Å². The summed E-state index contributed by atoms with van der Waals surface area (Å²) >= 11 is 0. The highest BCUT2D eigenvalue weighted by atomic mass is 16.4. The lowest BCUT2D eigenvalue weighted by molar-refractivity contribution is 0.543. The summed E-state index contributed by atoms with van der Waals surface area (Å²) in [5.41, 5.74) is 5.07. The van der Waals surface area contributed by atoms with Gasteiger partial charge in [-0.3, -0.25) is 0 Å². The average molecular weight is 396 g/mol. The lowest BCUT2D eigenvalue weighted by atomic mass is 9.97. The van der Waals surface area contributed by atoms with Gasteiger partial charge in [0.1, 0.15) is 11.2 Å². The second-order valence-electron chi connectivity index (χ2n) is 8.01. The van der Waals surface area contributed by atoms with Crippen LogP contribution in [0.5, 0.6) is 0 Å². The summed E-state index contributed by atoms with van der Waals surface area (Å²) in [5, 5.41) is 4.44. The number of benzene rings is 3. The van der Waals surface area contributed by atoms with E-state index in [4.69, 9.17) is 8.83 Å². The average Bonchev–Trinajstić information content (AvgIpc) is 3.17. The molecule has 0 fully saturated rings. The van der Waals surface area contributed by atoms with Crippen LogP contribution in [0.25, 0.3) is 43.8 Å². The molecule has 0 bridgehead atoms. The highest BCUT2D eigenvalue weighted by molar-refractivity contribution is 6.03. The Balaban J connectivity index is 1.68. The molecule has 0 atom stereocenters. The van der Waals surface area contributed by atoms with Crippen molar-refractivity contribution in [1.82, 2.24) is 0 Å². The molecule has 0 spiro atoms. The van der Waals surface area contributed by atoms with E-state index in [-0.39, 0.29) is 5.63 Å². The van der Waals surface area contributed by atoms with Crippen molar-refractivity contribution in [1.29, 1.82) is 0 Å². The van der Waals surface area contributed by atoms with E-state index in [1.807, 2.05) is 13.0 Å². The van der Waals surface area contributed by atoms with Gasteiger partial charge in [0, 0.05) is 28.0 Å². The van der Waals surface area contributed by atoms with Crippen LogP contribution in [-0.4, -0.2) is 0 Å². The van der Waals surface area contributed by atoms with E-state index in [0.717, 1.165) is 64.3 Å². The standard InChI is InChI=1S/C27H24O3/c1-3-4-5-10-21-17(2)22-14-23-24(16-29-25(23)15-26(22)30-27(21)28)20-12-11-18-8-6-7-9-19(18)13-20/h6-9,11-16H,3-5,10H2,1-2H3. The van der Waals surface area contributed by atoms with Crippen LogP contribution in [0.3, 0.4) is 0 Å². The largest absolute Gasteiger partial charge is 0.464 e. The Morgan fingerprint density at radius 3 is 2.53 bits per heavy atom. The van der Waals surface area contributed by atoms with Crippen LogP contribution in [0.15, 0.2) is 74.5 Å². The lowest BCUT2D eigenvalue weighted by Crippen LogP contribution is -2.10. The topological polar surface area (TPSA) is 43.4 Å². The van der Waals surface area contributed by atoms with Crippen LogP contribution in [0.4, 0.5) is 0 Å². The highest BCUT2D eigenvalue weighted by Gasteiger charge is 2.16. The molecule has 0 saturated heterocycles. The van der Waals surface area contributed by atoms with Crippen molar-refractivity contribution >= 4 is 32.7 Å². The molecule has 3 nitrogen and oxygen atoms in total. The first-order valence-corrected chi connectivity index (χ1v) is 10.6. The van der Waals surface area contributed by atoms with Gasteiger partial charge in [0.15, 0.2) is 0 Å². The minimum absolute atomic E-state index is 0.225.